The highest BCUT2D eigenvalue weighted by molar-refractivity contribution is 7.99. The predicted molar refractivity (Wildman–Crippen MR) is 273 cm³/mol. The maximum atomic E-state index is 14.8. The van der Waals surface area contributed by atoms with Crippen molar-refractivity contribution >= 4 is 23.8 Å². The number of amides is 1. The van der Waals surface area contributed by atoms with E-state index in [1.807, 2.05) is 6.92 Å². The molecule has 8 rings (SSSR count). The summed E-state index contributed by atoms with van der Waals surface area (Å²) in [7, 11) is 5.49. The minimum Gasteiger partial charge on any atom is -0.493 e. The summed E-state index contributed by atoms with van der Waals surface area (Å²) >= 11 is 1.60. The van der Waals surface area contributed by atoms with Gasteiger partial charge in [0.05, 0.1) is 26.3 Å². The van der Waals surface area contributed by atoms with E-state index in [0.717, 1.165) is 34.2 Å². The van der Waals surface area contributed by atoms with Gasteiger partial charge in [0.15, 0.2) is 23.0 Å². The second kappa shape index (κ2) is 21.0. The number of aryl methyl sites for hydroxylation is 1. The molecule has 1 amide bonds. The van der Waals surface area contributed by atoms with E-state index >= 15 is 0 Å². The number of nitrogens with zero attached hydrogens (tertiary/aromatic N) is 2. The van der Waals surface area contributed by atoms with Crippen molar-refractivity contribution in [1.82, 2.24) is 15.1 Å². The molecule has 0 spiro atoms. The molecule has 2 bridgehead atoms. The molecule has 12 nitrogen and oxygen atoms in total. The topological polar surface area (TPSA) is 117 Å². The summed E-state index contributed by atoms with van der Waals surface area (Å²) in [5.74, 6) is 3.65. The number of piperazine rings is 1. The molecule has 3 aliphatic heterocycles. The van der Waals surface area contributed by atoms with Gasteiger partial charge in [-0.05, 0) is 87.9 Å². The lowest BCUT2D eigenvalue weighted by Crippen LogP contribution is -2.64. The number of benzene rings is 4. The molecule has 4 aromatic rings. The largest absolute Gasteiger partial charge is 0.493 e. The number of hydrogen-bond acceptors (Lipinski definition) is 12. The fourth-order valence-electron chi connectivity index (χ4n) is 11.0. The summed E-state index contributed by atoms with van der Waals surface area (Å²) in [6.45, 7) is 22.7. The molecular formula is C56H67N3O9S. The molecule has 4 aliphatic rings. The zero-order valence-corrected chi connectivity index (χ0v) is 42.2. The summed E-state index contributed by atoms with van der Waals surface area (Å²) in [5.41, 5.74) is 9.98. The predicted octanol–water partition coefficient (Wildman–Crippen LogP) is 9.88. The van der Waals surface area contributed by atoms with E-state index in [0.29, 0.717) is 54.1 Å². The van der Waals surface area contributed by atoms with E-state index in [1.165, 1.54) is 27.8 Å². The molecular weight excluding hydrogens is 891 g/mol. The maximum Gasteiger partial charge on any atom is 0.408 e. The summed E-state index contributed by atoms with van der Waals surface area (Å²) < 4.78 is 44.2. The van der Waals surface area contributed by atoms with E-state index in [-0.39, 0.29) is 49.6 Å². The molecule has 0 saturated carbocycles. The lowest BCUT2D eigenvalue weighted by Gasteiger charge is -2.58. The molecule has 4 aromatic carbocycles. The number of fused-ring (bicyclic) bond motifs is 10. The van der Waals surface area contributed by atoms with Crippen LogP contribution in [0.15, 0.2) is 92.6 Å². The Morgan fingerprint density at radius 3 is 2.01 bits per heavy atom. The molecule has 5 unspecified atom stereocenters. The van der Waals surface area contributed by atoms with E-state index in [4.69, 9.17) is 33.2 Å². The van der Waals surface area contributed by atoms with Crippen molar-refractivity contribution in [3.63, 3.8) is 0 Å². The number of likely N-dealkylation sites (N-methyl/N-ethyl adjacent to an activating group) is 1. The average Bonchev–Trinajstić information content (AvgIpc) is 3.63. The standard InChI is InChI=1S/C56H67N3O9S/c1-12-23-64-50-34(5)51(63-11)53(66-25-14-3)47-41(50)28-44-48-46-35(26-33(4)49(62-10)52(46)65-24-13-2)27-36(58(48)9)29-59(44)45(47)30-67-54(60)43(57-55(61)68-56(6,7)8)32-69-31-42-39-21-17-15-19-37(39)38-20-16-18-22-40(38)42/h12-22,26,36,42-45,48H,1-3,23-25,27-32H2,4-11H3,(H,57,61). The first kappa shape index (κ1) is 49.5. The van der Waals surface area contributed by atoms with Crippen LogP contribution in [-0.2, 0) is 27.1 Å². The molecule has 0 aromatic heterocycles. The van der Waals surface area contributed by atoms with Crippen LogP contribution < -0.4 is 29.0 Å². The second-order valence-electron chi connectivity index (χ2n) is 19.2. The minimum absolute atomic E-state index is 0.0620. The molecule has 1 saturated heterocycles. The van der Waals surface area contributed by atoms with Crippen LogP contribution in [0.25, 0.3) is 11.1 Å². The third kappa shape index (κ3) is 9.70. The number of carbonyl (C=O) groups is 2. The minimum atomic E-state index is -1.02. The first-order valence-corrected chi connectivity index (χ1v) is 24.9. The van der Waals surface area contributed by atoms with Gasteiger partial charge in [0.2, 0.25) is 0 Å². The molecule has 69 heavy (non-hydrogen) atoms. The molecule has 1 fully saturated rings. The van der Waals surface area contributed by atoms with Gasteiger partial charge in [-0.25, -0.2) is 9.59 Å². The van der Waals surface area contributed by atoms with Crippen molar-refractivity contribution in [2.45, 2.75) is 89.2 Å². The van der Waals surface area contributed by atoms with Gasteiger partial charge < -0.3 is 38.5 Å². The number of thioether (sulfide) groups is 1. The average molecular weight is 958 g/mol. The molecule has 0 radical (unpaired) electrons. The van der Waals surface area contributed by atoms with Gasteiger partial charge in [0.25, 0.3) is 0 Å². The Labute approximate surface area is 411 Å². The SMILES string of the molecule is C=CCOc1c(C)c(OC)c(OCC=C)c2c1CC1C3c4c(cc(C)c(OC)c4OCC=C)CC(CN1C2COC(=O)C(CSCC1c2ccccc2-c2ccccc21)NC(=O)OC(C)(C)C)N3C. The lowest BCUT2D eigenvalue weighted by atomic mass is 9.74. The Morgan fingerprint density at radius 1 is 0.826 bits per heavy atom. The summed E-state index contributed by atoms with van der Waals surface area (Å²) in [4.78, 5) is 33.2. The van der Waals surface area contributed by atoms with Crippen LogP contribution in [0.4, 0.5) is 4.79 Å². The van der Waals surface area contributed by atoms with Crippen LogP contribution in [-0.4, -0.2) is 111 Å². The van der Waals surface area contributed by atoms with Crippen molar-refractivity contribution in [2.24, 2.45) is 0 Å². The van der Waals surface area contributed by atoms with E-state index < -0.39 is 29.7 Å². The van der Waals surface area contributed by atoms with Gasteiger partial charge in [-0.2, -0.15) is 11.8 Å². The van der Waals surface area contributed by atoms with Gasteiger partial charge in [0.1, 0.15) is 43.8 Å². The monoisotopic (exact) mass is 957 g/mol. The molecule has 1 N–H and O–H groups in total. The number of ether oxygens (including phenoxy) is 7. The van der Waals surface area contributed by atoms with E-state index in [1.54, 1.807) is 65.0 Å². The van der Waals surface area contributed by atoms with Crippen LogP contribution >= 0.6 is 11.8 Å². The first-order chi connectivity index (χ1) is 33.2. The van der Waals surface area contributed by atoms with Crippen molar-refractivity contribution in [2.75, 3.05) is 65.7 Å². The van der Waals surface area contributed by atoms with Crippen molar-refractivity contribution in [3.8, 4) is 39.9 Å². The second-order valence-corrected chi connectivity index (χ2v) is 20.3. The van der Waals surface area contributed by atoms with Gasteiger partial charge in [0, 0.05) is 58.3 Å². The number of alkyl carbamates (subject to hydrolysis) is 1. The molecule has 366 valence electrons. The number of carbonyl (C=O) groups excluding carboxylic acids is 2. The maximum absolute atomic E-state index is 14.8. The molecule has 13 heteroatoms. The summed E-state index contributed by atoms with van der Waals surface area (Å²) in [6, 6.07) is 17.4. The zero-order chi connectivity index (χ0) is 49.1. The highest BCUT2D eigenvalue weighted by Gasteiger charge is 2.53. The normalized spacial score (nSPS) is 19.6. The first-order valence-electron chi connectivity index (χ1n) is 23.8. The number of esters is 1. The molecule has 3 heterocycles. The van der Waals surface area contributed by atoms with Crippen molar-refractivity contribution in [1.29, 1.82) is 0 Å². The van der Waals surface area contributed by atoms with Gasteiger partial charge in [-0.1, -0.05) is 92.6 Å². The Hall–Kier alpha value is -5.89. The van der Waals surface area contributed by atoms with E-state index in [2.05, 4.69) is 103 Å². The summed E-state index contributed by atoms with van der Waals surface area (Å²) in [6.07, 6.45) is 5.81. The molecule has 5 atom stereocenters. The van der Waals surface area contributed by atoms with Crippen molar-refractivity contribution < 1.29 is 42.7 Å². The number of rotatable bonds is 19. The quantitative estimate of drug-likeness (QED) is 0.0713. The summed E-state index contributed by atoms with van der Waals surface area (Å²) in [5, 5.41) is 2.89. The Bertz CT molecular complexity index is 2560. The highest BCUT2D eigenvalue weighted by Crippen LogP contribution is 2.57. The number of methoxy groups -OCH3 is 2. The van der Waals surface area contributed by atoms with Gasteiger partial charge >= 0.3 is 12.1 Å². The van der Waals surface area contributed by atoms with Gasteiger partial charge in [-0.3, -0.25) is 9.80 Å². The third-order valence-corrected chi connectivity index (χ3v) is 14.9. The molecule has 1 aliphatic carbocycles. The lowest BCUT2D eigenvalue weighted by molar-refractivity contribution is -0.149. The van der Waals surface area contributed by atoms with Crippen LogP contribution in [0.3, 0.4) is 0 Å². The van der Waals surface area contributed by atoms with Gasteiger partial charge in [-0.15, -0.1) is 0 Å². The van der Waals surface area contributed by atoms with E-state index in [9.17, 15) is 9.59 Å². The smallest absolute Gasteiger partial charge is 0.408 e. The van der Waals surface area contributed by atoms with Crippen LogP contribution in [0, 0.1) is 13.8 Å². The fraction of sp³-hybridized carbons (Fsp3) is 0.429. The Balaban J connectivity index is 1.19. The number of nitrogens with one attached hydrogen (secondary N) is 1. The van der Waals surface area contributed by atoms with Crippen LogP contribution in [0.2, 0.25) is 0 Å². The van der Waals surface area contributed by atoms with Crippen LogP contribution in [0.1, 0.15) is 83.3 Å². The third-order valence-electron chi connectivity index (χ3n) is 13.7. The van der Waals surface area contributed by atoms with Crippen LogP contribution in [0.5, 0.6) is 28.7 Å². The Morgan fingerprint density at radius 2 is 1.42 bits per heavy atom. The van der Waals surface area contributed by atoms with Crippen molar-refractivity contribution in [3.05, 3.63) is 137 Å². The highest BCUT2D eigenvalue weighted by atomic mass is 32.2. The Kier molecular flexibility index (Phi) is 15.1. The number of hydrogen-bond donors (Lipinski definition) is 1. The zero-order valence-electron chi connectivity index (χ0n) is 41.4. The fourth-order valence-corrected chi connectivity index (χ4v) is 12.2.